The first-order chi connectivity index (χ1) is 11.1. The Kier molecular flexibility index (Phi) is 4.52. The Morgan fingerprint density at radius 1 is 1.22 bits per heavy atom. The summed E-state index contributed by atoms with van der Waals surface area (Å²) in [7, 11) is 1.57. The Balaban J connectivity index is 1.72. The van der Waals surface area contributed by atoms with Crippen molar-refractivity contribution in [3.8, 4) is 0 Å². The molecule has 0 aromatic heterocycles. The van der Waals surface area contributed by atoms with Crippen molar-refractivity contribution >= 4 is 23.3 Å². The molecule has 6 nitrogen and oxygen atoms in total. The van der Waals surface area contributed by atoms with Crippen LogP contribution in [0.15, 0.2) is 24.3 Å². The molecule has 0 spiro atoms. The van der Waals surface area contributed by atoms with Gasteiger partial charge in [-0.2, -0.15) is 0 Å². The second kappa shape index (κ2) is 6.58. The summed E-state index contributed by atoms with van der Waals surface area (Å²) in [5.74, 6) is 0.535. The number of benzene rings is 1. The molecule has 0 bridgehead atoms. The topological polar surface area (TPSA) is 82.3 Å². The van der Waals surface area contributed by atoms with Crippen LogP contribution in [0.25, 0.3) is 0 Å². The molecule has 1 heterocycles. The second-order valence-electron chi connectivity index (χ2n) is 6.47. The number of fused-ring (bicyclic) bond motifs is 1. The lowest BCUT2D eigenvalue weighted by Gasteiger charge is -2.37. The lowest BCUT2D eigenvalue weighted by Crippen LogP contribution is -2.44. The first-order valence-electron chi connectivity index (χ1n) is 8.25. The summed E-state index contributed by atoms with van der Waals surface area (Å²) in [6.45, 7) is 1.70. The summed E-state index contributed by atoms with van der Waals surface area (Å²) in [5, 5.41) is 11.7. The summed E-state index contributed by atoms with van der Waals surface area (Å²) in [4.78, 5) is 24.3. The van der Waals surface area contributed by atoms with E-state index in [1.807, 2.05) is 12.1 Å². The number of nitrogens with one attached hydrogen (secondary N) is 4. The van der Waals surface area contributed by atoms with Crippen LogP contribution in [0.1, 0.15) is 25.7 Å². The summed E-state index contributed by atoms with van der Waals surface area (Å²) >= 11 is 0. The van der Waals surface area contributed by atoms with Crippen LogP contribution in [-0.4, -0.2) is 32.1 Å². The van der Waals surface area contributed by atoms with Crippen molar-refractivity contribution in [2.45, 2.75) is 25.7 Å². The normalized spacial score (nSPS) is 26.2. The largest absolute Gasteiger partial charge is 0.341 e. The highest BCUT2D eigenvalue weighted by atomic mass is 16.2. The number of carbonyl (C=O) groups is 2. The van der Waals surface area contributed by atoms with Gasteiger partial charge in [-0.3, -0.25) is 4.79 Å². The number of anilines is 2. The molecule has 1 aromatic carbocycles. The van der Waals surface area contributed by atoms with Gasteiger partial charge in [0.15, 0.2) is 0 Å². The average Bonchev–Trinajstić information content (AvgIpc) is 3.00. The van der Waals surface area contributed by atoms with Crippen molar-refractivity contribution in [1.82, 2.24) is 10.6 Å². The highest BCUT2D eigenvalue weighted by Crippen LogP contribution is 2.44. The summed E-state index contributed by atoms with van der Waals surface area (Å²) < 4.78 is 0. The molecule has 3 rings (SSSR count). The summed E-state index contributed by atoms with van der Waals surface area (Å²) in [6, 6.07) is 6.97. The summed E-state index contributed by atoms with van der Waals surface area (Å²) in [6.07, 6.45) is 4.40. The van der Waals surface area contributed by atoms with E-state index in [1.54, 1.807) is 19.2 Å². The van der Waals surface area contributed by atoms with E-state index in [1.165, 1.54) is 6.42 Å². The van der Waals surface area contributed by atoms with Gasteiger partial charge in [-0.1, -0.05) is 18.9 Å². The Bertz CT molecular complexity index is 604. The van der Waals surface area contributed by atoms with Crippen molar-refractivity contribution in [3.63, 3.8) is 0 Å². The fourth-order valence-corrected chi connectivity index (χ4v) is 3.81. The monoisotopic (exact) mass is 316 g/mol. The predicted molar refractivity (Wildman–Crippen MR) is 90.4 cm³/mol. The van der Waals surface area contributed by atoms with Crippen LogP contribution in [0.3, 0.4) is 0 Å². The maximum absolute atomic E-state index is 12.9. The number of hydrogen-bond acceptors (Lipinski definition) is 3. The first-order valence-corrected chi connectivity index (χ1v) is 8.25. The van der Waals surface area contributed by atoms with E-state index in [-0.39, 0.29) is 17.4 Å². The lowest BCUT2D eigenvalue weighted by molar-refractivity contribution is -0.128. The number of rotatable bonds is 3. The van der Waals surface area contributed by atoms with Crippen molar-refractivity contribution in [2.75, 3.05) is 30.8 Å². The van der Waals surface area contributed by atoms with E-state index in [9.17, 15) is 9.59 Å². The molecule has 1 saturated carbocycles. The fourth-order valence-electron chi connectivity index (χ4n) is 3.81. The van der Waals surface area contributed by atoms with Gasteiger partial charge in [-0.15, -0.1) is 0 Å². The van der Waals surface area contributed by atoms with Crippen molar-refractivity contribution < 1.29 is 9.59 Å². The van der Waals surface area contributed by atoms with E-state index in [0.717, 1.165) is 38.0 Å². The molecule has 3 amide bonds. The van der Waals surface area contributed by atoms with Crippen LogP contribution in [0.2, 0.25) is 0 Å². The number of hydrogen-bond donors (Lipinski definition) is 4. The smallest absolute Gasteiger partial charge is 0.318 e. The molecule has 6 heteroatoms. The van der Waals surface area contributed by atoms with Crippen LogP contribution in [0.4, 0.5) is 16.2 Å². The molecule has 23 heavy (non-hydrogen) atoms. The third-order valence-electron chi connectivity index (χ3n) is 5.10. The molecular formula is C17H24N4O2. The molecule has 2 atom stereocenters. The van der Waals surface area contributed by atoms with E-state index in [2.05, 4.69) is 21.3 Å². The minimum atomic E-state index is -0.278. The van der Waals surface area contributed by atoms with E-state index in [4.69, 9.17) is 0 Å². The minimum Gasteiger partial charge on any atom is -0.341 e. The van der Waals surface area contributed by atoms with Gasteiger partial charge >= 0.3 is 6.03 Å². The van der Waals surface area contributed by atoms with E-state index >= 15 is 0 Å². The molecule has 1 saturated heterocycles. The second-order valence-corrected chi connectivity index (χ2v) is 6.47. The maximum Gasteiger partial charge on any atom is 0.318 e. The fraction of sp³-hybridized carbons (Fsp3) is 0.529. The number of carbonyl (C=O) groups excluding carboxylic acids is 2. The molecule has 0 radical (unpaired) electrons. The minimum absolute atomic E-state index is 0.101. The van der Waals surface area contributed by atoms with Gasteiger partial charge in [0.1, 0.15) is 0 Å². The zero-order chi connectivity index (χ0) is 16.3. The van der Waals surface area contributed by atoms with Gasteiger partial charge in [0.2, 0.25) is 5.91 Å². The SMILES string of the molecule is CNC(=O)Nc1cccc(NC(=O)[C@@]23CCCC[C@H]2CNC3)c1. The van der Waals surface area contributed by atoms with Gasteiger partial charge in [0.25, 0.3) is 0 Å². The Labute approximate surface area is 136 Å². The molecule has 124 valence electrons. The molecule has 2 aliphatic rings. The molecule has 2 fully saturated rings. The van der Waals surface area contributed by atoms with Crippen LogP contribution >= 0.6 is 0 Å². The van der Waals surface area contributed by atoms with Gasteiger partial charge in [0.05, 0.1) is 5.41 Å². The van der Waals surface area contributed by atoms with Gasteiger partial charge in [-0.25, -0.2) is 4.79 Å². The van der Waals surface area contributed by atoms with Crippen molar-refractivity contribution in [3.05, 3.63) is 24.3 Å². The standard InChI is InChI=1S/C17H24N4O2/c1-18-16(23)21-14-7-4-6-13(9-14)20-15(22)17-8-3-2-5-12(17)10-19-11-17/h4,6-7,9,12,19H,2-3,5,8,10-11H2,1H3,(H,20,22)(H2,18,21,23)/t12-,17+/m0/s1. The van der Waals surface area contributed by atoms with Crippen LogP contribution in [-0.2, 0) is 4.79 Å². The van der Waals surface area contributed by atoms with E-state index in [0.29, 0.717) is 11.6 Å². The molecule has 1 aliphatic carbocycles. The molecule has 0 unspecified atom stereocenters. The predicted octanol–water partition coefficient (Wildman–Crippen LogP) is 2.16. The molecule has 1 aliphatic heterocycles. The highest BCUT2D eigenvalue weighted by Gasteiger charge is 2.49. The van der Waals surface area contributed by atoms with Crippen LogP contribution in [0, 0.1) is 11.3 Å². The van der Waals surface area contributed by atoms with Crippen LogP contribution < -0.4 is 21.3 Å². The quantitative estimate of drug-likeness (QED) is 0.690. The highest BCUT2D eigenvalue weighted by molar-refractivity contribution is 5.97. The van der Waals surface area contributed by atoms with Crippen LogP contribution in [0.5, 0.6) is 0 Å². The van der Waals surface area contributed by atoms with Gasteiger partial charge < -0.3 is 21.3 Å². The zero-order valence-electron chi connectivity index (χ0n) is 13.4. The Morgan fingerprint density at radius 3 is 2.78 bits per heavy atom. The lowest BCUT2D eigenvalue weighted by atomic mass is 9.67. The Morgan fingerprint density at radius 2 is 2.00 bits per heavy atom. The van der Waals surface area contributed by atoms with E-state index < -0.39 is 0 Å². The first kappa shape index (κ1) is 15.8. The van der Waals surface area contributed by atoms with Crippen molar-refractivity contribution in [1.29, 1.82) is 0 Å². The number of amides is 3. The summed E-state index contributed by atoms with van der Waals surface area (Å²) in [5.41, 5.74) is 1.10. The third-order valence-corrected chi connectivity index (χ3v) is 5.10. The average molecular weight is 316 g/mol. The molecule has 1 aromatic rings. The Hall–Kier alpha value is -2.08. The molecule has 4 N–H and O–H groups in total. The third kappa shape index (κ3) is 3.17. The van der Waals surface area contributed by atoms with Crippen molar-refractivity contribution in [2.24, 2.45) is 11.3 Å². The molecular weight excluding hydrogens is 292 g/mol. The maximum atomic E-state index is 12.9. The zero-order valence-corrected chi connectivity index (χ0v) is 13.4. The van der Waals surface area contributed by atoms with Gasteiger partial charge in [0, 0.05) is 25.0 Å². The van der Waals surface area contributed by atoms with Gasteiger partial charge in [-0.05, 0) is 43.5 Å². The number of urea groups is 1.